The molecule has 0 aliphatic carbocycles. The molecular weight excluding hydrogens is 452 g/mol. The fourth-order valence-corrected chi connectivity index (χ4v) is 6.13. The number of nitrogens with one attached hydrogen (secondary N) is 2. The van der Waals surface area contributed by atoms with Crippen LogP contribution in [0.25, 0.3) is 10.9 Å². The van der Waals surface area contributed by atoms with Crippen molar-refractivity contribution in [1.82, 2.24) is 20.0 Å². The Morgan fingerprint density at radius 2 is 1.76 bits per heavy atom. The van der Waals surface area contributed by atoms with Crippen molar-refractivity contribution in [3.05, 3.63) is 53.6 Å². The molecule has 2 aliphatic heterocycles. The molecule has 10 heteroatoms. The van der Waals surface area contributed by atoms with Gasteiger partial charge >= 0.3 is 0 Å². The summed E-state index contributed by atoms with van der Waals surface area (Å²) >= 11 is 0. The number of likely N-dealkylation sites (N-methyl/N-ethyl adjacent to an activating group) is 1. The zero-order chi connectivity index (χ0) is 23.7. The van der Waals surface area contributed by atoms with Crippen LogP contribution in [0.5, 0.6) is 0 Å². The Kier molecular flexibility index (Phi) is 6.28. The van der Waals surface area contributed by atoms with Gasteiger partial charge in [0.2, 0.25) is 15.9 Å². The molecule has 2 aromatic carbocycles. The molecule has 1 aromatic heterocycles. The van der Waals surface area contributed by atoms with Crippen LogP contribution < -0.4 is 9.62 Å². The number of aromatic nitrogens is 2. The van der Waals surface area contributed by atoms with Crippen molar-refractivity contribution in [1.29, 1.82) is 0 Å². The first-order valence-corrected chi connectivity index (χ1v) is 13.3. The number of hydrogen-bond donors (Lipinski definition) is 2. The Morgan fingerprint density at radius 1 is 1.03 bits per heavy atom. The standard InChI is InChI=1S/C24H30N6O3S/c1-28-10-12-29(13-11-28)17-19-5-3-18(4-6-19)15-23(31)25-24-21-16-20(7-8-22(21)26-27-24)30-9-2-14-34(30,32)33/h3-8,16H,2,9-15,17H2,1H3,(H2,25,26,27,31). The van der Waals surface area contributed by atoms with Crippen molar-refractivity contribution >= 4 is 38.3 Å². The first kappa shape index (κ1) is 22.8. The quantitative estimate of drug-likeness (QED) is 0.558. The lowest BCUT2D eigenvalue weighted by molar-refractivity contribution is -0.115. The van der Waals surface area contributed by atoms with E-state index in [1.54, 1.807) is 18.2 Å². The first-order valence-electron chi connectivity index (χ1n) is 11.6. The Morgan fingerprint density at radius 3 is 2.47 bits per heavy atom. The van der Waals surface area contributed by atoms with E-state index < -0.39 is 10.0 Å². The third-order valence-electron chi connectivity index (χ3n) is 6.58. The topological polar surface area (TPSA) is 102 Å². The third kappa shape index (κ3) is 4.94. The maximum Gasteiger partial charge on any atom is 0.235 e. The number of H-pyrrole nitrogens is 1. The lowest BCUT2D eigenvalue weighted by Crippen LogP contribution is -2.43. The average molecular weight is 483 g/mol. The fraction of sp³-hybridized carbons (Fsp3) is 0.417. The molecule has 2 fully saturated rings. The summed E-state index contributed by atoms with van der Waals surface area (Å²) in [7, 11) is -1.12. The minimum Gasteiger partial charge on any atom is -0.308 e. The van der Waals surface area contributed by atoms with Crippen LogP contribution in [-0.4, -0.2) is 79.8 Å². The Balaban J connectivity index is 1.23. The summed E-state index contributed by atoms with van der Waals surface area (Å²) < 4.78 is 26.0. The van der Waals surface area contributed by atoms with Crippen LogP contribution in [0.1, 0.15) is 17.5 Å². The van der Waals surface area contributed by atoms with Gasteiger partial charge in [-0.1, -0.05) is 24.3 Å². The summed E-state index contributed by atoms with van der Waals surface area (Å²) in [5.41, 5.74) is 3.52. The highest BCUT2D eigenvalue weighted by atomic mass is 32.2. The van der Waals surface area contributed by atoms with Gasteiger partial charge < -0.3 is 10.2 Å². The lowest BCUT2D eigenvalue weighted by atomic mass is 10.1. The minimum absolute atomic E-state index is 0.161. The summed E-state index contributed by atoms with van der Waals surface area (Å²) in [6, 6.07) is 13.5. The van der Waals surface area contributed by atoms with E-state index in [0.717, 1.165) is 43.8 Å². The largest absolute Gasteiger partial charge is 0.308 e. The molecule has 0 spiro atoms. The van der Waals surface area contributed by atoms with Gasteiger partial charge in [0, 0.05) is 44.7 Å². The number of carbonyl (C=O) groups excluding carboxylic acids is 1. The van der Waals surface area contributed by atoms with Gasteiger partial charge in [-0.15, -0.1) is 0 Å². The van der Waals surface area contributed by atoms with Crippen LogP contribution >= 0.6 is 0 Å². The van der Waals surface area contributed by atoms with E-state index >= 15 is 0 Å². The van der Waals surface area contributed by atoms with Gasteiger partial charge in [-0.05, 0) is 42.8 Å². The number of fused-ring (bicyclic) bond motifs is 1. The van der Waals surface area contributed by atoms with Crippen LogP contribution in [-0.2, 0) is 27.8 Å². The molecule has 3 heterocycles. The van der Waals surface area contributed by atoms with Gasteiger partial charge in [0.25, 0.3) is 0 Å². The lowest BCUT2D eigenvalue weighted by Gasteiger charge is -2.32. The normalized spacial score (nSPS) is 19.0. The highest BCUT2D eigenvalue weighted by Gasteiger charge is 2.28. The van der Waals surface area contributed by atoms with Gasteiger partial charge in [0.15, 0.2) is 5.82 Å². The molecule has 0 saturated carbocycles. The van der Waals surface area contributed by atoms with Crippen molar-refractivity contribution in [2.45, 2.75) is 19.4 Å². The molecule has 34 heavy (non-hydrogen) atoms. The summed E-state index contributed by atoms with van der Waals surface area (Å²) in [6.45, 7) is 5.73. The number of nitrogens with zero attached hydrogens (tertiary/aromatic N) is 4. The van der Waals surface area contributed by atoms with Gasteiger partial charge in [-0.3, -0.25) is 19.1 Å². The van der Waals surface area contributed by atoms with Crippen molar-refractivity contribution in [3.8, 4) is 0 Å². The monoisotopic (exact) mass is 482 g/mol. The second kappa shape index (κ2) is 9.36. The Hall–Kier alpha value is -2.95. The molecule has 1 amide bonds. The van der Waals surface area contributed by atoms with Crippen molar-refractivity contribution in [2.75, 3.05) is 55.1 Å². The van der Waals surface area contributed by atoms with E-state index in [1.165, 1.54) is 9.87 Å². The maximum atomic E-state index is 12.7. The summed E-state index contributed by atoms with van der Waals surface area (Å²) in [4.78, 5) is 17.5. The van der Waals surface area contributed by atoms with E-state index in [2.05, 4.69) is 44.5 Å². The van der Waals surface area contributed by atoms with Crippen LogP contribution in [0.3, 0.4) is 0 Å². The predicted octanol–water partition coefficient (Wildman–Crippen LogP) is 2.03. The molecule has 2 saturated heterocycles. The summed E-state index contributed by atoms with van der Waals surface area (Å²) in [6.07, 6.45) is 0.854. The molecule has 2 aliphatic rings. The van der Waals surface area contributed by atoms with Crippen molar-refractivity contribution in [3.63, 3.8) is 0 Å². The third-order valence-corrected chi connectivity index (χ3v) is 8.45. The fourth-order valence-electron chi connectivity index (χ4n) is 4.57. The number of amides is 1. The zero-order valence-corrected chi connectivity index (χ0v) is 20.1. The van der Waals surface area contributed by atoms with Crippen LogP contribution in [0.4, 0.5) is 11.5 Å². The van der Waals surface area contributed by atoms with Gasteiger partial charge in [0.1, 0.15) is 0 Å². The molecule has 0 radical (unpaired) electrons. The van der Waals surface area contributed by atoms with E-state index in [9.17, 15) is 13.2 Å². The van der Waals surface area contributed by atoms with Crippen molar-refractivity contribution < 1.29 is 13.2 Å². The maximum absolute atomic E-state index is 12.7. The van der Waals surface area contributed by atoms with E-state index in [0.29, 0.717) is 29.9 Å². The predicted molar refractivity (Wildman–Crippen MR) is 133 cm³/mol. The molecule has 0 atom stereocenters. The number of benzene rings is 2. The van der Waals surface area contributed by atoms with Gasteiger partial charge in [-0.25, -0.2) is 8.42 Å². The molecule has 180 valence electrons. The van der Waals surface area contributed by atoms with E-state index in [-0.39, 0.29) is 18.1 Å². The number of aromatic amines is 1. The number of carbonyl (C=O) groups is 1. The zero-order valence-electron chi connectivity index (χ0n) is 19.3. The molecule has 9 nitrogen and oxygen atoms in total. The number of rotatable bonds is 6. The van der Waals surface area contributed by atoms with Crippen LogP contribution in [0.2, 0.25) is 0 Å². The smallest absolute Gasteiger partial charge is 0.235 e. The van der Waals surface area contributed by atoms with E-state index in [4.69, 9.17) is 0 Å². The Labute approximate surface area is 199 Å². The number of sulfonamides is 1. The number of hydrogen-bond acceptors (Lipinski definition) is 6. The summed E-state index contributed by atoms with van der Waals surface area (Å²) in [5.74, 6) is 0.401. The molecule has 5 rings (SSSR count). The van der Waals surface area contributed by atoms with Gasteiger partial charge in [0.05, 0.1) is 23.4 Å². The molecule has 0 bridgehead atoms. The molecule has 2 N–H and O–H groups in total. The highest BCUT2D eigenvalue weighted by Crippen LogP contribution is 2.30. The van der Waals surface area contributed by atoms with Crippen LogP contribution in [0, 0.1) is 0 Å². The average Bonchev–Trinajstić information content (AvgIpc) is 3.38. The highest BCUT2D eigenvalue weighted by molar-refractivity contribution is 7.93. The van der Waals surface area contributed by atoms with E-state index in [1.807, 2.05) is 12.1 Å². The van der Waals surface area contributed by atoms with Gasteiger partial charge in [-0.2, -0.15) is 5.10 Å². The minimum atomic E-state index is -3.27. The first-order chi connectivity index (χ1) is 16.4. The van der Waals surface area contributed by atoms with Crippen LogP contribution in [0.15, 0.2) is 42.5 Å². The second-order valence-corrected chi connectivity index (χ2v) is 11.2. The Bertz CT molecular complexity index is 1280. The molecular formula is C24H30N6O3S. The molecule has 0 unspecified atom stereocenters. The molecule has 3 aromatic rings. The second-order valence-electron chi connectivity index (χ2n) is 9.16. The summed E-state index contributed by atoms with van der Waals surface area (Å²) in [5, 5.41) is 10.7. The van der Waals surface area contributed by atoms with Crippen molar-refractivity contribution in [2.24, 2.45) is 0 Å². The number of anilines is 2. The SMILES string of the molecule is CN1CCN(Cc2ccc(CC(=O)Nc3n[nH]c4ccc(N5CCCS5(=O)=O)cc34)cc2)CC1. The number of piperazine rings is 1.